The van der Waals surface area contributed by atoms with E-state index in [0.717, 1.165) is 23.4 Å². The number of nitrogens with zero attached hydrogens (tertiary/aromatic N) is 4. The molecule has 8 heteroatoms. The van der Waals surface area contributed by atoms with E-state index in [2.05, 4.69) is 34.8 Å². The Kier molecular flexibility index (Phi) is 7.93. The average Bonchev–Trinajstić information content (AvgIpc) is 2.99. The SMILES string of the molecule is CCCCc1ccc(-n2nnn(C[NH+](C)CC(=O)NCCC)c2=S)cc1. The maximum atomic E-state index is 11.8. The van der Waals surface area contributed by atoms with Gasteiger partial charge in [-0.2, -0.15) is 9.36 Å². The summed E-state index contributed by atoms with van der Waals surface area (Å²) in [5.41, 5.74) is 2.22. The van der Waals surface area contributed by atoms with Crippen LogP contribution in [0.15, 0.2) is 24.3 Å². The third-order valence-corrected chi connectivity index (χ3v) is 4.48. The van der Waals surface area contributed by atoms with Crippen molar-refractivity contribution in [1.29, 1.82) is 0 Å². The third kappa shape index (κ3) is 5.74. The highest BCUT2D eigenvalue weighted by atomic mass is 32.1. The molecule has 0 aliphatic heterocycles. The number of benzene rings is 1. The zero-order valence-electron chi connectivity index (χ0n) is 15.9. The molecule has 0 fully saturated rings. The van der Waals surface area contributed by atoms with Gasteiger partial charge >= 0.3 is 0 Å². The maximum Gasteiger partial charge on any atom is 0.275 e. The van der Waals surface area contributed by atoms with Crippen molar-refractivity contribution in [3.8, 4) is 5.69 Å². The van der Waals surface area contributed by atoms with E-state index in [0.29, 0.717) is 24.5 Å². The Bertz CT molecular complexity index is 752. The summed E-state index contributed by atoms with van der Waals surface area (Å²) >= 11 is 5.50. The number of unbranched alkanes of at least 4 members (excludes halogenated alkanes) is 1. The minimum Gasteiger partial charge on any atom is -0.351 e. The van der Waals surface area contributed by atoms with E-state index >= 15 is 0 Å². The quantitative estimate of drug-likeness (QED) is 0.609. The number of hydrogen-bond acceptors (Lipinski definition) is 4. The second-order valence-corrected chi connectivity index (χ2v) is 6.95. The molecule has 1 atom stereocenters. The molecule has 0 saturated heterocycles. The average molecular weight is 378 g/mol. The number of likely N-dealkylation sites (N-methyl/N-ethyl adjacent to an activating group) is 1. The molecule has 26 heavy (non-hydrogen) atoms. The van der Waals surface area contributed by atoms with Crippen LogP contribution in [-0.4, -0.2) is 45.8 Å². The molecule has 2 N–H and O–H groups in total. The number of aryl methyl sites for hydroxylation is 1. The summed E-state index contributed by atoms with van der Waals surface area (Å²) in [5.74, 6) is 0.0333. The van der Waals surface area contributed by atoms with Crippen LogP contribution >= 0.6 is 12.2 Å². The molecular formula is C18H29N6OS+. The summed E-state index contributed by atoms with van der Waals surface area (Å²) in [6.45, 7) is 5.80. The van der Waals surface area contributed by atoms with Gasteiger partial charge in [-0.1, -0.05) is 32.4 Å². The van der Waals surface area contributed by atoms with Crippen LogP contribution in [-0.2, 0) is 17.9 Å². The number of nitrogens with one attached hydrogen (secondary N) is 2. The summed E-state index contributed by atoms with van der Waals surface area (Å²) in [6, 6.07) is 8.27. The molecule has 1 aromatic carbocycles. The monoisotopic (exact) mass is 377 g/mol. The summed E-state index contributed by atoms with van der Waals surface area (Å²) in [4.78, 5) is 12.8. The fraction of sp³-hybridized carbons (Fsp3) is 0.556. The molecule has 0 saturated carbocycles. The molecule has 2 aromatic rings. The molecule has 0 spiro atoms. The lowest BCUT2D eigenvalue weighted by molar-refractivity contribution is -0.895. The molecule has 1 amide bonds. The normalized spacial score (nSPS) is 12.1. The van der Waals surface area contributed by atoms with E-state index in [1.807, 2.05) is 26.1 Å². The Morgan fingerprint density at radius 2 is 1.92 bits per heavy atom. The second kappa shape index (κ2) is 10.2. The van der Waals surface area contributed by atoms with Crippen LogP contribution in [0.4, 0.5) is 0 Å². The number of carbonyl (C=O) groups excluding carboxylic acids is 1. The Hall–Kier alpha value is -2.06. The second-order valence-electron chi connectivity index (χ2n) is 6.58. The van der Waals surface area contributed by atoms with Gasteiger partial charge < -0.3 is 10.2 Å². The smallest absolute Gasteiger partial charge is 0.275 e. The molecule has 1 heterocycles. The molecule has 1 aromatic heterocycles. The van der Waals surface area contributed by atoms with Gasteiger partial charge in [-0.05, 0) is 59.6 Å². The lowest BCUT2D eigenvalue weighted by Crippen LogP contribution is -3.09. The molecular weight excluding hydrogens is 348 g/mol. The molecule has 7 nitrogen and oxygen atoms in total. The van der Waals surface area contributed by atoms with Crippen molar-refractivity contribution in [3.63, 3.8) is 0 Å². The van der Waals surface area contributed by atoms with Gasteiger partial charge in [0.15, 0.2) is 13.2 Å². The van der Waals surface area contributed by atoms with Crippen LogP contribution in [0, 0.1) is 4.77 Å². The van der Waals surface area contributed by atoms with E-state index in [9.17, 15) is 4.79 Å². The van der Waals surface area contributed by atoms with Crippen molar-refractivity contribution in [3.05, 3.63) is 34.6 Å². The maximum absolute atomic E-state index is 11.8. The number of carbonyl (C=O) groups is 1. The van der Waals surface area contributed by atoms with Crippen LogP contribution in [0.3, 0.4) is 0 Å². The number of hydrogen-bond donors (Lipinski definition) is 2. The van der Waals surface area contributed by atoms with Gasteiger partial charge in [0.05, 0.1) is 12.7 Å². The van der Waals surface area contributed by atoms with E-state index < -0.39 is 0 Å². The van der Waals surface area contributed by atoms with Crippen molar-refractivity contribution in [1.82, 2.24) is 25.1 Å². The van der Waals surface area contributed by atoms with Gasteiger partial charge in [0, 0.05) is 6.54 Å². The van der Waals surface area contributed by atoms with E-state index in [-0.39, 0.29) is 5.91 Å². The molecule has 1 unspecified atom stereocenters. The van der Waals surface area contributed by atoms with Crippen molar-refractivity contribution in [2.24, 2.45) is 0 Å². The Labute approximate surface area is 160 Å². The summed E-state index contributed by atoms with van der Waals surface area (Å²) in [7, 11) is 1.94. The molecule has 0 aliphatic carbocycles. The standard InChI is InChI=1S/C18H28N6OS/c1-4-6-7-15-8-10-16(11-9-15)24-18(26)23(20-21-24)14-22(3)13-17(25)19-12-5-2/h8-11H,4-7,12-14H2,1-3H3,(H,19,25)/p+1. The fourth-order valence-corrected chi connectivity index (χ4v) is 2.88. The van der Waals surface area contributed by atoms with E-state index in [1.165, 1.54) is 18.4 Å². The lowest BCUT2D eigenvalue weighted by atomic mass is 10.1. The highest BCUT2D eigenvalue weighted by Crippen LogP contribution is 2.11. The van der Waals surface area contributed by atoms with Crippen LogP contribution in [0.2, 0.25) is 0 Å². The topological polar surface area (TPSA) is 69.2 Å². The van der Waals surface area contributed by atoms with Gasteiger partial charge in [0.25, 0.3) is 5.91 Å². The molecule has 2 rings (SSSR count). The molecule has 0 bridgehead atoms. The molecule has 142 valence electrons. The highest BCUT2D eigenvalue weighted by molar-refractivity contribution is 7.71. The van der Waals surface area contributed by atoms with Crippen LogP contribution < -0.4 is 10.2 Å². The summed E-state index contributed by atoms with van der Waals surface area (Å²) in [6.07, 6.45) is 4.40. The number of tetrazole rings is 1. The first kappa shape index (κ1) is 20.3. The molecule has 0 radical (unpaired) electrons. The predicted molar refractivity (Wildman–Crippen MR) is 104 cm³/mol. The van der Waals surface area contributed by atoms with Crippen LogP contribution in [0.1, 0.15) is 38.7 Å². The van der Waals surface area contributed by atoms with Crippen molar-refractivity contribution in [2.75, 3.05) is 20.1 Å². The minimum absolute atomic E-state index is 0.0333. The minimum atomic E-state index is 0.0333. The summed E-state index contributed by atoms with van der Waals surface area (Å²) < 4.78 is 3.84. The van der Waals surface area contributed by atoms with Gasteiger partial charge in [0.1, 0.15) is 0 Å². The van der Waals surface area contributed by atoms with Crippen molar-refractivity contribution in [2.45, 2.75) is 46.2 Å². The van der Waals surface area contributed by atoms with Gasteiger partial charge in [-0.15, -0.1) is 0 Å². The summed E-state index contributed by atoms with van der Waals surface area (Å²) in [5, 5.41) is 11.2. The lowest BCUT2D eigenvalue weighted by Gasteiger charge is -2.12. The number of rotatable bonds is 10. The number of aromatic nitrogens is 4. The van der Waals surface area contributed by atoms with Gasteiger partial charge in [0.2, 0.25) is 4.77 Å². The van der Waals surface area contributed by atoms with Crippen molar-refractivity contribution >= 4 is 18.1 Å². The van der Waals surface area contributed by atoms with Crippen molar-refractivity contribution < 1.29 is 9.69 Å². The number of amides is 1. The first-order valence-electron chi connectivity index (χ1n) is 9.25. The predicted octanol–water partition coefficient (Wildman–Crippen LogP) is 1.14. The Morgan fingerprint density at radius 3 is 2.58 bits per heavy atom. The fourth-order valence-electron chi connectivity index (χ4n) is 2.63. The Balaban J connectivity index is 2.00. The van der Waals surface area contributed by atoms with E-state index in [4.69, 9.17) is 12.2 Å². The van der Waals surface area contributed by atoms with Crippen LogP contribution in [0.5, 0.6) is 0 Å². The highest BCUT2D eigenvalue weighted by Gasteiger charge is 2.13. The zero-order chi connectivity index (χ0) is 18.9. The largest absolute Gasteiger partial charge is 0.351 e. The Morgan fingerprint density at radius 1 is 1.19 bits per heavy atom. The van der Waals surface area contributed by atoms with E-state index in [1.54, 1.807) is 9.36 Å². The first-order valence-corrected chi connectivity index (χ1v) is 9.66. The zero-order valence-corrected chi connectivity index (χ0v) is 16.7. The van der Waals surface area contributed by atoms with Gasteiger partial charge in [-0.25, -0.2) is 0 Å². The van der Waals surface area contributed by atoms with Gasteiger partial charge in [-0.3, -0.25) is 4.79 Å². The third-order valence-electron chi connectivity index (χ3n) is 4.09. The molecule has 0 aliphatic rings. The first-order chi connectivity index (χ1) is 12.5. The number of quaternary nitrogens is 1. The van der Waals surface area contributed by atoms with Crippen LogP contribution in [0.25, 0.3) is 5.69 Å².